The first kappa shape index (κ1) is 14.0. The summed E-state index contributed by atoms with van der Waals surface area (Å²) in [5, 5.41) is 10.5. The minimum absolute atomic E-state index is 0.509. The van der Waals surface area contributed by atoms with Crippen LogP contribution in [0.3, 0.4) is 0 Å². The molecule has 0 bridgehead atoms. The van der Waals surface area contributed by atoms with Crippen LogP contribution >= 0.6 is 0 Å². The predicted octanol–water partition coefficient (Wildman–Crippen LogP) is 2.93. The lowest BCUT2D eigenvalue weighted by atomic mass is 10.3. The van der Waals surface area contributed by atoms with Crippen molar-refractivity contribution in [3.05, 3.63) is 36.6 Å². The Morgan fingerprint density at radius 2 is 2.00 bits per heavy atom. The maximum atomic E-state index is 10.1. The third kappa shape index (κ3) is 10.5. The van der Waals surface area contributed by atoms with E-state index in [0.29, 0.717) is 5.70 Å². The van der Waals surface area contributed by atoms with Crippen molar-refractivity contribution in [3.63, 3.8) is 0 Å². The first-order chi connectivity index (χ1) is 6.20. The van der Waals surface area contributed by atoms with E-state index < -0.39 is 6.09 Å². The molecule has 0 spiro atoms. The molecule has 2 N–H and O–H groups in total. The molecule has 74 valence electrons. The Balaban J connectivity index is 0. The molecule has 0 radical (unpaired) electrons. The van der Waals surface area contributed by atoms with Crippen molar-refractivity contribution in [2.75, 3.05) is 0 Å². The molecule has 0 saturated heterocycles. The first-order valence-electron chi connectivity index (χ1n) is 4.16. The molecule has 0 aliphatic rings. The maximum Gasteiger partial charge on any atom is 0.409 e. The number of nitrogens with one attached hydrogen (secondary N) is 1. The van der Waals surface area contributed by atoms with Crippen molar-refractivity contribution in [1.29, 1.82) is 0 Å². The van der Waals surface area contributed by atoms with Crippen LogP contribution in [0.25, 0.3) is 0 Å². The molecule has 0 unspecified atom stereocenters. The van der Waals surface area contributed by atoms with Crippen LogP contribution in [0.15, 0.2) is 36.6 Å². The molecule has 1 amide bonds. The van der Waals surface area contributed by atoms with Gasteiger partial charge in [0, 0.05) is 5.70 Å². The van der Waals surface area contributed by atoms with Crippen molar-refractivity contribution in [2.24, 2.45) is 0 Å². The fourth-order valence-corrected chi connectivity index (χ4v) is 0.569. The van der Waals surface area contributed by atoms with Gasteiger partial charge in [-0.05, 0) is 19.1 Å². The summed E-state index contributed by atoms with van der Waals surface area (Å²) in [7, 11) is 0. The van der Waals surface area contributed by atoms with Crippen LogP contribution in [0, 0.1) is 0 Å². The van der Waals surface area contributed by atoms with Crippen molar-refractivity contribution in [1.82, 2.24) is 5.32 Å². The predicted molar refractivity (Wildman–Crippen MR) is 55.6 cm³/mol. The highest BCUT2D eigenvalue weighted by molar-refractivity contribution is 5.67. The average Bonchev–Trinajstić information content (AvgIpc) is 2.08. The monoisotopic (exact) mass is 183 g/mol. The van der Waals surface area contributed by atoms with Gasteiger partial charge in [-0.1, -0.05) is 32.6 Å². The van der Waals surface area contributed by atoms with Gasteiger partial charge in [0.15, 0.2) is 0 Å². The molecule has 0 aromatic rings. The summed E-state index contributed by atoms with van der Waals surface area (Å²) in [6.45, 7) is 9.25. The van der Waals surface area contributed by atoms with Gasteiger partial charge in [0.1, 0.15) is 0 Å². The number of hydrogen-bond donors (Lipinski definition) is 2. The van der Waals surface area contributed by atoms with E-state index in [1.165, 1.54) is 6.08 Å². The lowest BCUT2D eigenvalue weighted by Crippen LogP contribution is -2.18. The molecule has 0 atom stereocenters. The molecule has 0 rings (SSSR count). The van der Waals surface area contributed by atoms with Crippen LogP contribution in [0.4, 0.5) is 4.79 Å². The number of hydrogen-bond acceptors (Lipinski definition) is 1. The summed E-state index contributed by atoms with van der Waals surface area (Å²) in [4.78, 5) is 10.1. The molecule has 0 heterocycles. The lowest BCUT2D eigenvalue weighted by molar-refractivity contribution is 0.198. The molecule has 3 nitrogen and oxygen atoms in total. The number of allylic oxidation sites excluding steroid dienone is 4. The Morgan fingerprint density at radius 1 is 1.46 bits per heavy atom. The summed E-state index contributed by atoms with van der Waals surface area (Å²) in [6.07, 6.45) is 5.41. The number of carbonyl (C=O) groups is 1. The third-order valence-electron chi connectivity index (χ3n) is 0.895. The quantitative estimate of drug-likeness (QED) is 0.661. The Hall–Kier alpha value is -1.51. The van der Waals surface area contributed by atoms with E-state index in [4.69, 9.17) is 5.11 Å². The van der Waals surface area contributed by atoms with Crippen LogP contribution in [0.2, 0.25) is 0 Å². The molecule has 13 heavy (non-hydrogen) atoms. The molecule has 0 aromatic heterocycles. The van der Waals surface area contributed by atoms with Crippen molar-refractivity contribution in [2.45, 2.75) is 20.8 Å². The van der Waals surface area contributed by atoms with Crippen molar-refractivity contribution in [3.8, 4) is 0 Å². The Morgan fingerprint density at radius 3 is 2.31 bits per heavy atom. The topological polar surface area (TPSA) is 49.3 Å². The smallest absolute Gasteiger partial charge is 0.409 e. The van der Waals surface area contributed by atoms with Crippen molar-refractivity contribution < 1.29 is 9.90 Å². The van der Waals surface area contributed by atoms with Gasteiger partial charge in [-0.25, -0.2) is 4.79 Å². The molecule has 0 saturated carbocycles. The lowest BCUT2D eigenvalue weighted by Gasteiger charge is -1.98. The fourth-order valence-electron chi connectivity index (χ4n) is 0.569. The summed E-state index contributed by atoms with van der Waals surface area (Å²) in [6, 6.07) is 0. The molecular weight excluding hydrogens is 166 g/mol. The molecule has 0 aliphatic heterocycles. The van der Waals surface area contributed by atoms with Gasteiger partial charge in [-0.3, -0.25) is 5.32 Å². The summed E-state index contributed by atoms with van der Waals surface area (Å²) < 4.78 is 0. The Kier molecular flexibility index (Phi) is 11.3. The summed E-state index contributed by atoms with van der Waals surface area (Å²) in [5.74, 6) is 0. The van der Waals surface area contributed by atoms with Crippen LogP contribution in [-0.2, 0) is 0 Å². The van der Waals surface area contributed by atoms with E-state index in [2.05, 4.69) is 11.9 Å². The zero-order valence-electron chi connectivity index (χ0n) is 8.37. The van der Waals surface area contributed by atoms with Gasteiger partial charge >= 0.3 is 6.09 Å². The molecule has 3 heteroatoms. The second-order valence-corrected chi connectivity index (χ2v) is 1.79. The third-order valence-corrected chi connectivity index (χ3v) is 0.895. The summed E-state index contributed by atoms with van der Waals surface area (Å²) >= 11 is 0. The minimum atomic E-state index is -1.07. The summed E-state index contributed by atoms with van der Waals surface area (Å²) in [5.41, 5.74) is 0.509. The standard InChI is InChI=1S/C8H11NO2.C2H6/c1-3-5-7(6-4-2)9-8(10)11;1-2/h3-6,9H,1H2,2H3,(H,10,11);1-2H3/b6-4-,7-5+;. The molecule has 0 fully saturated rings. The zero-order chi connectivity index (χ0) is 10.7. The normalized spacial score (nSPS) is 10.2. The second kappa shape index (κ2) is 10.5. The number of rotatable bonds is 3. The van der Waals surface area contributed by atoms with E-state index in [-0.39, 0.29) is 0 Å². The van der Waals surface area contributed by atoms with Crippen LogP contribution in [0.5, 0.6) is 0 Å². The average molecular weight is 183 g/mol. The highest BCUT2D eigenvalue weighted by Gasteiger charge is 1.94. The second-order valence-electron chi connectivity index (χ2n) is 1.79. The Bertz CT molecular complexity index is 205. The van der Waals surface area contributed by atoms with Gasteiger partial charge in [0.25, 0.3) is 0 Å². The van der Waals surface area contributed by atoms with Gasteiger partial charge < -0.3 is 5.11 Å². The minimum Gasteiger partial charge on any atom is -0.465 e. The van der Waals surface area contributed by atoms with E-state index in [1.807, 2.05) is 13.8 Å². The fraction of sp³-hybridized carbons (Fsp3) is 0.300. The van der Waals surface area contributed by atoms with Crippen molar-refractivity contribution >= 4 is 6.09 Å². The van der Waals surface area contributed by atoms with Gasteiger partial charge in [-0.2, -0.15) is 0 Å². The number of amides is 1. The highest BCUT2D eigenvalue weighted by atomic mass is 16.4. The zero-order valence-corrected chi connectivity index (χ0v) is 8.37. The maximum absolute atomic E-state index is 10.1. The van der Waals surface area contributed by atoms with E-state index in [0.717, 1.165) is 0 Å². The molecular formula is C10H17NO2. The van der Waals surface area contributed by atoms with Crippen LogP contribution in [-0.4, -0.2) is 11.2 Å². The van der Waals surface area contributed by atoms with Crippen LogP contribution < -0.4 is 5.32 Å². The SMILES string of the molecule is C=C/C=C(\C=C/C)NC(=O)O.CC. The van der Waals surface area contributed by atoms with Gasteiger partial charge in [-0.15, -0.1) is 0 Å². The largest absolute Gasteiger partial charge is 0.465 e. The number of carboxylic acid groups (broad SMARTS) is 1. The Labute approximate surface area is 79.5 Å². The van der Waals surface area contributed by atoms with Crippen LogP contribution in [0.1, 0.15) is 20.8 Å². The van der Waals surface area contributed by atoms with Gasteiger partial charge in [0.05, 0.1) is 0 Å². The first-order valence-corrected chi connectivity index (χ1v) is 4.16. The van der Waals surface area contributed by atoms with Gasteiger partial charge in [0.2, 0.25) is 0 Å². The van der Waals surface area contributed by atoms with E-state index >= 15 is 0 Å². The molecule has 0 aliphatic carbocycles. The van der Waals surface area contributed by atoms with E-state index in [1.54, 1.807) is 25.2 Å². The molecule has 0 aromatic carbocycles. The van der Waals surface area contributed by atoms with E-state index in [9.17, 15) is 4.79 Å². The highest BCUT2D eigenvalue weighted by Crippen LogP contribution is 1.91.